The second-order valence-corrected chi connectivity index (χ2v) is 6.37. The van der Waals surface area contributed by atoms with E-state index in [1.165, 1.54) is 0 Å². The third-order valence-corrected chi connectivity index (χ3v) is 4.81. The molecule has 0 aromatic carbocycles. The van der Waals surface area contributed by atoms with Crippen LogP contribution in [0, 0.1) is 20.8 Å². The van der Waals surface area contributed by atoms with E-state index in [2.05, 4.69) is 19.6 Å². The lowest BCUT2D eigenvalue weighted by atomic mass is 10.1. The number of aryl methyl sites for hydroxylation is 3. The molecule has 1 aliphatic heterocycles. The van der Waals surface area contributed by atoms with Crippen LogP contribution in [-0.4, -0.2) is 63.1 Å². The average molecular weight is 331 g/mol. The zero-order valence-electron chi connectivity index (χ0n) is 14.7. The number of aromatic nitrogens is 3. The number of amides is 1. The predicted molar refractivity (Wildman–Crippen MR) is 89.7 cm³/mol. The Bertz CT molecular complexity index is 678. The molecule has 0 aliphatic carbocycles. The molecule has 0 bridgehead atoms. The number of nitrogens with zero attached hydrogens (tertiary/aromatic N) is 5. The van der Waals surface area contributed by atoms with Crippen LogP contribution in [-0.2, 0) is 17.8 Å². The summed E-state index contributed by atoms with van der Waals surface area (Å²) in [6.07, 6.45) is 4.23. The minimum atomic E-state index is 0.162. The largest absolute Gasteiger partial charge is 0.361 e. The van der Waals surface area contributed by atoms with Crippen molar-refractivity contribution in [3.8, 4) is 0 Å². The second-order valence-electron chi connectivity index (χ2n) is 6.37. The fourth-order valence-electron chi connectivity index (χ4n) is 3.13. The highest BCUT2D eigenvalue weighted by atomic mass is 16.5. The molecule has 0 spiro atoms. The maximum Gasteiger partial charge on any atom is 0.227 e. The Labute approximate surface area is 142 Å². The molecule has 0 unspecified atom stereocenters. The molecule has 1 saturated heterocycles. The normalized spacial score (nSPS) is 15.9. The molecule has 2 aromatic rings. The summed E-state index contributed by atoms with van der Waals surface area (Å²) in [7, 11) is 0. The first-order chi connectivity index (χ1) is 11.5. The topological polar surface area (TPSA) is 67.4 Å². The van der Waals surface area contributed by atoms with E-state index in [1.54, 1.807) is 0 Å². The van der Waals surface area contributed by atoms with Gasteiger partial charge in [-0.1, -0.05) is 5.16 Å². The molecule has 24 heavy (non-hydrogen) atoms. The number of hydrogen-bond acceptors (Lipinski definition) is 5. The molecular weight excluding hydrogens is 306 g/mol. The summed E-state index contributed by atoms with van der Waals surface area (Å²) in [5.74, 6) is 1.95. The van der Waals surface area contributed by atoms with Crippen LogP contribution in [0.5, 0.6) is 0 Å². The molecule has 130 valence electrons. The quantitative estimate of drug-likeness (QED) is 0.823. The molecule has 3 rings (SSSR count). The summed E-state index contributed by atoms with van der Waals surface area (Å²) < 4.78 is 7.30. The van der Waals surface area contributed by atoms with Gasteiger partial charge in [-0.2, -0.15) is 0 Å². The summed E-state index contributed by atoms with van der Waals surface area (Å²) >= 11 is 0. The van der Waals surface area contributed by atoms with Gasteiger partial charge in [-0.05, 0) is 20.8 Å². The van der Waals surface area contributed by atoms with Gasteiger partial charge in [0.25, 0.3) is 0 Å². The molecule has 7 nitrogen and oxygen atoms in total. The Morgan fingerprint density at radius 1 is 1.17 bits per heavy atom. The maximum absolute atomic E-state index is 12.5. The van der Waals surface area contributed by atoms with E-state index in [-0.39, 0.29) is 5.91 Å². The Kier molecular flexibility index (Phi) is 4.99. The van der Waals surface area contributed by atoms with Gasteiger partial charge in [0.05, 0.1) is 12.1 Å². The Balaban J connectivity index is 1.46. The third kappa shape index (κ3) is 3.67. The maximum atomic E-state index is 12.5. The number of hydrogen-bond donors (Lipinski definition) is 0. The second kappa shape index (κ2) is 7.17. The molecule has 0 radical (unpaired) electrons. The summed E-state index contributed by atoms with van der Waals surface area (Å²) in [6, 6.07) is 0. The first-order valence-electron chi connectivity index (χ1n) is 8.44. The first kappa shape index (κ1) is 16.7. The molecule has 2 aromatic heterocycles. The molecule has 0 saturated carbocycles. The monoisotopic (exact) mass is 331 g/mol. The number of carbonyl (C=O) groups excluding carboxylic acids is 1. The van der Waals surface area contributed by atoms with Crippen LogP contribution in [0.25, 0.3) is 0 Å². The van der Waals surface area contributed by atoms with Gasteiger partial charge in [0, 0.05) is 57.2 Å². The van der Waals surface area contributed by atoms with Crippen molar-refractivity contribution in [2.45, 2.75) is 33.7 Å². The van der Waals surface area contributed by atoms with Crippen LogP contribution in [0.2, 0.25) is 0 Å². The molecule has 1 aliphatic rings. The van der Waals surface area contributed by atoms with Gasteiger partial charge in [-0.15, -0.1) is 0 Å². The standard InChI is InChI=1S/C17H25N5O2/c1-13-16(14(2)24-19-13)12-17(23)22-10-7-20(8-11-22)6-9-21-5-4-18-15(21)3/h4-5H,6-12H2,1-3H3. The lowest BCUT2D eigenvalue weighted by molar-refractivity contribution is -0.132. The van der Waals surface area contributed by atoms with E-state index in [0.717, 1.165) is 62.1 Å². The van der Waals surface area contributed by atoms with Crippen molar-refractivity contribution in [3.05, 3.63) is 35.2 Å². The van der Waals surface area contributed by atoms with Crippen LogP contribution in [0.3, 0.4) is 0 Å². The average Bonchev–Trinajstić information content (AvgIpc) is 3.13. The van der Waals surface area contributed by atoms with Crippen molar-refractivity contribution in [3.63, 3.8) is 0 Å². The van der Waals surface area contributed by atoms with Crippen LogP contribution >= 0.6 is 0 Å². The fraction of sp³-hybridized carbons (Fsp3) is 0.588. The summed E-state index contributed by atoms with van der Waals surface area (Å²) in [6.45, 7) is 11.1. The van der Waals surface area contributed by atoms with E-state index in [1.807, 2.05) is 38.1 Å². The lowest BCUT2D eigenvalue weighted by Gasteiger charge is -2.34. The van der Waals surface area contributed by atoms with Gasteiger partial charge in [-0.25, -0.2) is 4.98 Å². The van der Waals surface area contributed by atoms with Crippen LogP contribution in [0.15, 0.2) is 16.9 Å². The minimum Gasteiger partial charge on any atom is -0.361 e. The van der Waals surface area contributed by atoms with Crippen molar-refractivity contribution >= 4 is 5.91 Å². The SMILES string of the molecule is Cc1noc(C)c1CC(=O)N1CCN(CCn2ccnc2C)CC1. The van der Waals surface area contributed by atoms with Gasteiger partial charge < -0.3 is 14.0 Å². The van der Waals surface area contributed by atoms with E-state index >= 15 is 0 Å². The molecule has 0 atom stereocenters. The van der Waals surface area contributed by atoms with Crippen LogP contribution < -0.4 is 0 Å². The van der Waals surface area contributed by atoms with E-state index in [0.29, 0.717) is 6.42 Å². The van der Waals surface area contributed by atoms with Crippen LogP contribution in [0.4, 0.5) is 0 Å². The number of imidazole rings is 1. The number of carbonyl (C=O) groups is 1. The number of rotatable bonds is 5. The molecule has 0 N–H and O–H groups in total. The van der Waals surface area contributed by atoms with Gasteiger partial charge >= 0.3 is 0 Å². The summed E-state index contributed by atoms with van der Waals surface area (Å²) in [5, 5.41) is 3.92. The van der Waals surface area contributed by atoms with Crippen molar-refractivity contribution < 1.29 is 9.32 Å². The van der Waals surface area contributed by atoms with Crippen molar-refractivity contribution in [2.24, 2.45) is 0 Å². The molecule has 1 amide bonds. The van der Waals surface area contributed by atoms with Crippen molar-refractivity contribution in [1.29, 1.82) is 0 Å². The van der Waals surface area contributed by atoms with Gasteiger partial charge in [0.15, 0.2) is 0 Å². The van der Waals surface area contributed by atoms with E-state index in [9.17, 15) is 4.79 Å². The van der Waals surface area contributed by atoms with Gasteiger partial charge in [-0.3, -0.25) is 9.69 Å². The Hall–Kier alpha value is -2.15. The fourth-order valence-corrected chi connectivity index (χ4v) is 3.13. The summed E-state index contributed by atoms with van der Waals surface area (Å²) in [4.78, 5) is 21.1. The Morgan fingerprint density at radius 3 is 2.50 bits per heavy atom. The van der Waals surface area contributed by atoms with Gasteiger partial charge in [0.2, 0.25) is 5.91 Å². The smallest absolute Gasteiger partial charge is 0.227 e. The highest BCUT2D eigenvalue weighted by molar-refractivity contribution is 5.79. The molecule has 7 heteroatoms. The van der Waals surface area contributed by atoms with Crippen LogP contribution in [0.1, 0.15) is 22.8 Å². The minimum absolute atomic E-state index is 0.162. The molecule has 3 heterocycles. The number of piperazine rings is 1. The summed E-state index contributed by atoms with van der Waals surface area (Å²) in [5.41, 5.74) is 1.74. The van der Waals surface area contributed by atoms with E-state index in [4.69, 9.17) is 4.52 Å². The lowest BCUT2D eigenvalue weighted by Crippen LogP contribution is -2.49. The van der Waals surface area contributed by atoms with Gasteiger partial charge in [0.1, 0.15) is 11.6 Å². The first-order valence-corrected chi connectivity index (χ1v) is 8.44. The highest BCUT2D eigenvalue weighted by Gasteiger charge is 2.23. The van der Waals surface area contributed by atoms with E-state index < -0.39 is 0 Å². The zero-order chi connectivity index (χ0) is 17.1. The zero-order valence-corrected chi connectivity index (χ0v) is 14.7. The van der Waals surface area contributed by atoms with Crippen molar-refractivity contribution in [2.75, 3.05) is 32.7 Å². The third-order valence-electron chi connectivity index (χ3n) is 4.81. The Morgan fingerprint density at radius 2 is 1.92 bits per heavy atom. The molecule has 1 fully saturated rings. The van der Waals surface area contributed by atoms with Crippen molar-refractivity contribution in [1.82, 2.24) is 24.5 Å². The molecular formula is C17H25N5O2. The highest BCUT2D eigenvalue weighted by Crippen LogP contribution is 2.15. The predicted octanol–water partition coefficient (Wildman–Crippen LogP) is 1.18.